The average Bonchev–Trinajstić information content (AvgIpc) is 2.47. The number of aliphatic hydroxyl groups is 1. The van der Waals surface area contributed by atoms with Crippen molar-refractivity contribution < 1.29 is 9.63 Å². The smallest absolute Gasteiger partial charge is 0.226 e. The summed E-state index contributed by atoms with van der Waals surface area (Å²) < 4.78 is 5.02. The lowest BCUT2D eigenvalue weighted by Gasteiger charge is -2.03. The third-order valence-corrected chi connectivity index (χ3v) is 1.74. The Kier molecular flexibility index (Phi) is 4.03. The molecule has 1 N–H and O–H groups in total. The Morgan fingerprint density at radius 1 is 1.50 bits per heavy atom. The zero-order valence-electron chi connectivity index (χ0n) is 8.90. The molecule has 0 radical (unpaired) electrons. The number of rotatable bonds is 5. The topological polar surface area (TPSA) is 62.4 Å². The normalized spacial score (nSPS) is 13.5. The van der Waals surface area contributed by atoms with E-state index < -0.39 is 0 Å². The first kappa shape index (κ1) is 11.1. The lowest BCUT2D eigenvalue weighted by molar-refractivity contribution is 0.180. The van der Waals surface area contributed by atoms with Crippen LogP contribution in [-0.2, 0) is 13.0 Å². The number of hydrogen-bond acceptors (Lipinski definition) is 5. The van der Waals surface area contributed by atoms with Crippen LogP contribution in [0.1, 0.15) is 25.1 Å². The molecule has 0 fully saturated rings. The van der Waals surface area contributed by atoms with Gasteiger partial charge >= 0.3 is 0 Å². The van der Waals surface area contributed by atoms with Gasteiger partial charge in [-0.1, -0.05) is 5.16 Å². The molecule has 1 atom stereocenters. The van der Waals surface area contributed by atoms with Gasteiger partial charge in [0.1, 0.15) is 0 Å². The van der Waals surface area contributed by atoms with Crippen LogP contribution in [0.25, 0.3) is 0 Å². The van der Waals surface area contributed by atoms with Crippen LogP contribution in [0.5, 0.6) is 0 Å². The van der Waals surface area contributed by atoms with E-state index >= 15 is 0 Å². The summed E-state index contributed by atoms with van der Waals surface area (Å²) in [6, 6.07) is 0. The molecule has 1 aromatic heterocycles. The molecule has 0 amide bonds. The fourth-order valence-electron chi connectivity index (χ4n) is 1.07. The Hall–Kier alpha value is -0.940. The van der Waals surface area contributed by atoms with Gasteiger partial charge in [0.05, 0.1) is 12.6 Å². The van der Waals surface area contributed by atoms with Gasteiger partial charge in [0.25, 0.3) is 0 Å². The van der Waals surface area contributed by atoms with E-state index in [-0.39, 0.29) is 6.10 Å². The highest BCUT2D eigenvalue weighted by Crippen LogP contribution is 2.04. The number of aromatic nitrogens is 2. The predicted octanol–water partition coefficient (Wildman–Crippen LogP) is 0.445. The molecule has 0 aliphatic rings. The Balaban J connectivity index is 2.42. The maximum Gasteiger partial charge on any atom is 0.226 e. The summed E-state index contributed by atoms with van der Waals surface area (Å²) in [4.78, 5) is 6.17. The number of aliphatic hydroxyl groups excluding tert-OH is 1. The SMILES string of the molecule is CC(O)CCc1nc(CN(C)C)no1. The van der Waals surface area contributed by atoms with Crippen LogP contribution in [0.3, 0.4) is 0 Å². The summed E-state index contributed by atoms with van der Waals surface area (Å²) in [7, 11) is 3.90. The van der Waals surface area contributed by atoms with Crippen molar-refractivity contribution in [2.45, 2.75) is 32.4 Å². The van der Waals surface area contributed by atoms with Crippen molar-refractivity contribution in [1.82, 2.24) is 15.0 Å². The van der Waals surface area contributed by atoms with E-state index in [1.54, 1.807) is 6.92 Å². The van der Waals surface area contributed by atoms with Crippen molar-refractivity contribution in [1.29, 1.82) is 0 Å². The van der Waals surface area contributed by atoms with Crippen molar-refractivity contribution in [2.24, 2.45) is 0 Å². The quantitative estimate of drug-likeness (QED) is 0.745. The molecule has 0 saturated heterocycles. The minimum absolute atomic E-state index is 0.320. The standard InChI is InChI=1S/C9H17N3O2/c1-7(13)4-5-9-10-8(11-14-9)6-12(2)3/h7,13H,4-6H2,1-3H3. The summed E-state index contributed by atoms with van der Waals surface area (Å²) in [5, 5.41) is 12.9. The molecule has 0 spiro atoms. The molecular formula is C9H17N3O2. The predicted molar refractivity (Wildman–Crippen MR) is 51.7 cm³/mol. The van der Waals surface area contributed by atoms with E-state index in [1.807, 2.05) is 19.0 Å². The van der Waals surface area contributed by atoms with E-state index in [4.69, 9.17) is 9.63 Å². The Morgan fingerprint density at radius 3 is 2.79 bits per heavy atom. The highest BCUT2D eigenvalue weighted by molar-refractivity contribution is 4.86. The second-order valence-corrected chi connectivity index (χ2v) is 3.73. The minimum Gasteiger partial charge on any atom is -0.393 e. The molecule has 0 aliphatic heterocycles. The fraction of sp³-hybridized carbons (Fsp3) is 0.778. The first-order valence-corrected chi connectivity index (χ1v) is 4.72. The van der Waals surface area contributed by atoms with Crippen molar-refractivity contribution in [2.75, 3.05) is 14.1 Å². The second kappa shape index (κ2) is 5.07. The van der Waals surface area contributed by atoms with Gasteiger partial charge in [-0.25, -0.2) is 0 Å². The summed E-state index contributed by atoms with van der Waals surface area (Å²) in [6.07, 6.45) is 0.973. The van der Waals surface area contributed by atoms with Crippen LogP contribution in [-0.4, -0.2) is 40.3 Å². The van der Waals surface area contributed by atoms with Crippen molar-refractivity contribution in [3.63, 3.8) is 0 Å². The van der Waals surface area contributed by atoms with Crippen molar-refractivity contribution >= 4 is 0 Å². The highest BCUT2D eigenvalue weighted by atomic mass is 16.5. The molecule has 1 aromatic rings. The molecule has 1 unspecified atom stereocenters. The molecule has 14 heavy (non-hydrogen) atoms. The van der Waals surface area contributed by atoms with E-state index in [0.29, 0.717) is 31.1 Å². The summed E-state index contributed by atoms with van der Waals surface area (Å²) in [6.45, 7) is 2.43. The van der Waals surface area contributed by atoms with E-state index in [9.17, 15) is 0 Å². The average molecular weight is 199 g/mol. The monoisotopic (exact) mass is 199 g/mol. The van der Waals surface area contributed by atoms with Crippen LogP contribution in [0.15, 0.2) is 4.52 Å². The largest absolute Gasteiger partial charge is 0.393 e. The third-order valence-electron chi connectivity index (χ3n) is 1.74. The van der Waals surface area contributed by atoms with Gasteiger partial charge in [-0.3, -0.25) is 0 Å². The highest BCUT2D eigenvalue weighted by Gasteiger charge is 2.07. The summed E-state index contributed by atoms with van der Waals surface area (Å²) >= 11 is 0. The molecule has 0 bridgehead atoms. The first-order chi connectivity index (χ1) is 6.58. The zero-order chi connectivity index (χ0) is 10.6. The van der Waals surface area contributed by atoms with Gasteiger partial charge in [-0.05, 0) is 27.4 Å². The van der Waals surface area contributed by atoms with Crippen LogP contribution in [0.4, 0.5) is 0 Å². The third kappa shape index (κ3) is 3.85. The van der Waals surface area contributed by atoms with Gasteiger partial charge in [0.15, 0.2) is 5.82 Å². The molecule has 1 rings (SSSR count). The number of nitrogens with zero attached hydrogens (tertiary/aromatic N) is 3. The maximum absolute atomic E-state index is 9.07. The van der Waals surface area contributed by atoms with E-state index in [0.717, 1.165) is 0 Å². The van der Waals surface area contributed by atoms with Gasteiger partial charge < -0.3 is 14.5 Å². The summed E-state index contributed by atoms with van der Waals surface area (Å²) in [5.41, 5.74) is 0. The number of aryl methyl sites for hydroxylation is 1. The molecule has 0 saturated carbocycles. The lowest BCUT2D eigenvalue weighted by Crippen LogP contribution is -2.11. The maximum atomic E-state index is 9.07. The van der Waals surface area contributed by atoms with Crippen LogP contribution in [0, 0.1) is 0 Å². The summed E-state index contributed by atoms with van der Waals surface area (Å²) in [5.74, 6) is 1.29. The minimum atomic E-state index is -0.320. The van der Waals surface area contributed by atoms with Gasteiger partial charge in [0, 0.05) is 6.42 Å². The van der Waals surface area contributed by atoms with Crippen LogP contribution >= 0.6 is 0 Å². The molecule has 0 aliphatic carbocycles. The van der Waals surface area contributed by atoms with Gasteiger partial charge in [0.2, 0.25) is 5.89 Å². The van der Waals surface area contributed by atoms with Gasteiger partial charge in [-0.2, -0.15) is 4.98 Å². The Labute approximate surface area is 83.7 Å². The van der Waals surface area contributed by atoms with Gasteiger partial charge in [-0.15, -0.1) is 0 Å². The molecule has 5 nitrogen and oxygen atoms in total. The van der Waals surface area contributed by atoms with Crippen LogP contribution < -0.4 is 0 Å². The van der Waals surface area contributed by atoms with Crippen molar-refractivity contribution in [3.05, 3.63) is 11.7 Å². The van der Waals surface area contributed by atoms with E-state index in [1.165, 1.54) is 0 Å². The molecule has 5 heteroatoms. The first-order valence-electron chi connectivity index (χ1n) is 4.72. The van der Waals surface area contributed by atoms with E-state index in [2.05, 4.69) is 10.1 Å². The number of hydrogen-bond donors (Lipinski definition) is 1. The van der Waals surface area contributed by atoms with Crippen molar-refractivity contribution in [3.8, 4) is 0 Å². The fourth-order valence-corrected chi connectivity index (χ4v) is 1.07. The second-order valence-electron chi connectivity index (χ2n) is 3.73. The molecule has 0 aromatic carbocycles. The Morgan fingerprint density at radius 2 is 2.21 bits per heavy atom. The molecular weight excluding hydrogens is 182 g/mol. The van der Waals surface area contributed by atoms with Crippen LogP contribution in [0.2, 0.25) is 0 Å². The Bertz CT molecular complexity index is 271. The molecule has 1 heterocycles. The zero-order valence-corrected chi connectivity index (χ0v) is 8.90. The lowest BCUT2D eigenvalue weighted by atomic mass is 10.2. The molecule has 80 valence electrons.